The van der Waals surface area contributed by atoms with E-state index in [0.717, 1.165) is 27.9 Å². The second-order valence-electron chi connectivity index (χ2n) is 6.87. The Hall–Kier alpha value is -3.21. The molecule has 0 fully saturated rings. The van der Waals surface area contributed by atoms with Gasteiger partial charge in [-0.05, 0) is 44.5 Å². The lowest BCUT2D eigenvalue weighted by Gasteiger charge is -2.13. The minimum absolute atomic E-state index is 0.152. The molecule has 0 unspecified atom stereocenters. The summed E-state index contributed by atoms with van der Waals surface area (Å²) in [5, 5.41) is 5.60. The van der Waals surface area contributed by atoms with Gasteiger partial charge in [-0.15, -0.1) is 0 Å². The molecular weight excluding hydrogens is 341 g/mol. The highest BCUT2D eigenvalue weighted by Crippen LogP contribution is 2.24. The number of benzene rings is 2. The first-order valence-electron chi connectivity index (χ1n) is 8.86. The van der Waals surface area contributed by atoms with Crippen LogP contribution in [-0.2, 0) is 6.54 Å². The van der Waals surface area contributed by atoms with Crippen LogP contribution in [0.5, 0.6) is 0 Å². The smallest absolute Gasteiger partial charge is 0.252 e. The topological polar surface area (TPSA) is 39.8 Å². The van der Waals surface area contributed by atoms with Crippen molar-refractivity contribution in [2.75, 3.05) is 0 Å². The third-order valence-electron chi connectivity index (χ3n) is 4.86. The summed E-state index contributed by atoms with van der Waals surface area (Å²) in [5.74, 6) is -0.323. The number of pyridine rings is 1. The minimum Gasteiger partial charge on any atom is -0.288 e. The number of hydrogen-bond donors (Lipinski definition) is 0. The van der Waals surface area contributed by atoms with Crippen molar-refractivity contribution < 1.29 is 4.39 Å². The van der Waals surface area contributed by atoms with Crippen molar-refractivity contribution in [1.82, 2.24) is 14.3 Å². The molecule has 0 spiro atoms. The van der Waals surface area contributed by atoms with Crippen LogP contribution < -0.4 is 5.56 Å². The number of fused-ring (bicyclic) bond motifs is 1. The molecule has 5 heteroatoms. The number of aromatic nitrogens is 3. The molecule has 4 rings (SSSR count). The van der Waals surface area contributed by atoms with Crippen molar-refractivity contribution in [3.63, 3.8) is 0 Å². The molecule has 4 aromatic rings. The number of hydrogen-bond acceptors (Lipinski definition) is 2. The second-order valence-corrected chi connectivity index (χ2v) is 6.87. The van der Waals surface area contributed by atoms with Crippen LogP contribution >= 0.6 is 0 Å². The Balaban J connectivity index is 2.02. The highest BCUT2D eigenvalue weighted by atomic mass is 19.1. The number of aryl methyl sites for hydroxylation is 3. The zero-order valence-corrected chi connectivity index (χ0v) is 15.5. The Labute approximate surface area is 156 Å². The molecular formula is C22H20FN3O. The normalized spacial score (nSPS) is 11.3. The molecule has 27 heavy (non-hydrogen) atoms. The largest absolute Gasteiger partial charge is 0.288 e. The van der Waals surface area contributed by atoms with Gasteiger partial charge in [0.25, 0.3) is 5.56 Å². The Morgan fingerprint density at radius 2 is 1.70 bits per heavy atom. The van der Waals surface area contributed by atoms with E-state index in [9.17, 15) is 9.18 Å². The average molecular weight is 361 g/mol. The maximum Gasteiger partial charge on any atom is 0.252 e. The van der Waals surface area contributed by atoms with Crippen molar-refractivity contribution in [1.29, 1.82) is 0 Å². The van der Waals surface area contributed by atoms with Gasteiger partial charge in [-0.3, -0.25) is 9.36 Å². The molecule has 136 valence electrons. The van der Waals surface area contributed by atoms with Crippen LogP contribution in [0.25, 0.3) is 16.7 Å². The van der Waals surface area contributed by atoms with Crippen LogP contribution in [0.3, 0.4) is 0 Å². The Bertz CT molecular complexity index is 1200. The highest BCUT2D eigenvalue weighted by molar-refractivity contribution is 5.83. The maximum absolute atomic E-state index is 14.2. The summed E-state index contributed by atoms with van der Waals surface area (Å²) in [4.78, 5) is 12.8. The predicted octanol–water partition coefficient (Wildman–Crippen LogP) is 4.30. The summed E-state index contributed by atoms with van der Waals surface area (Å²) < 4.78 is 17.6. The van der Waals surface area contributed by atoms with Gasteiger partial charge in [0.05, 0.1) is 17.9 Å². The minimum atomic E-state index is -0.323. The molecule has 2 aromatic carbocycles. The molecule has 0 N–H and O–H groups in total. The van der Waals surface area contributed by atoms with E-state index in [0.29, 0.717) is 11.2 Å². The predicted molar refractivity (Wildman–Crippen MR) is 105 cm³/mol. The molecule has 0 saturated carbocycles. The van der Waals surface area contributed by atoms with Gasteiger partial charge in [-0.25, -0.2) is 9.07 Å². The van der Waals surface area contributed by atoms with E-state index in [1.807, 2.05) is 45.0 Å². The van der Waals surface area contributed by atoms with E-state index in [2.05, 4.69) is 5.10 Å². The third-order valence-corrected chi connectivity index (χ3v) is 4.86. The zero-order chi connectivity index (χ0) is 19.1. The van der Waals surface area contributed by atoms with Gasteiger partial charge in [-0.2, -0.15) is 5.10 Å². The van der Waals surface area contributed by atoms with Crippen LogP contribution in [0.1, 0.15) is 22.4 Å². The Morgan fingerprint density at radius 1 is 1.00 bits per heavy atom. The summed E-state index contributed by atoms with van der Waals surface area (Å²) >= 11 is 0. The van der Waals surface area contributed by atoms with Gasteiger partial charge in [0.2, 0.25) is 0 Å². The van der Waals surface area contributed by atoms with Crippen molar-refractivity contribution in [3.05, 3.63) is 93.2 Å². The van der Waals surface area contributed by atoms with Crippen molar-refractivity contribution in [2.24, 2.45) is 0 Å². The van der Waals surface area contributed by atoms with Gasteiger partial charge in [0.15, 0.2) is 0 Å². The molecule has 4 nitrogen and oxygen atoms in total. The lowest BCUT2D eigenvalue weighted by molar-refractivity contribution is 0.597. The van der Waals surface area contributed by atoms with E-state index in [4.69, 9.17) is 0 Å². The zero-order valence-electron chi connectivity index (χ0n) is 15.5. The fraction of sp³-hybridized carbons (Fsp3) is 0.182. The Kier molecular flexibility index (Phi) is 4.15. The van der Waals surface area contributed by atoms with E-state index in [1.54, 1.807) is 33.5 Å². The number of halogens is 1. The van der Waals surface area contributed by atoms with Gasteiger partial charge in [0, 0.05) is 17.0 Å². The number of nitrogens with zero attached hydrogens (tertiary/aromatic N) is 3. The molecule has 2 aromatic heterocycles. The average Bonchev–Trinajstić information content (AvgIpc) is 2.98. The van der Waals surface area contributed by atoms with Crippen LogP contribution in [0.15, 0.2) is 59.4 Å². The van der Waals surface area contributed by atoms with E-state index < -0.39 is 0 Å². The fourth-order valence-electron chi connectivity index (χ4n) is 3.48. The second kappa shape index (κ2) is 6.50. The molecule has 0 saturated heterocycles. The quantitative estimate of drug-likeness (QED) is 0.546. The summed E-state index contributed by atoms with van der Waals surface area (Å²) in [5.41, 5.74) is 4.71. The SMILES string of the molecule is Cc1ccc(-n2nc(C)c3c(C)cc(=O)n(Cc4ccccc4F)c32)cc1. The maximum atomic E-state index is 14.2. The monoisotopic (exact) mass is 361 g/mol. The lowest BCUT2D eigenvalue weighted by atomic mass is 10.1. The number of rotatable bonds is 3. The first-order chi connectivity index (χ1) is 13.0. The molecule has 0 aliphatic rings. The van der Waals surface area contributed by atoms with Crippen molar-refractivity contribution in [2.45, 2.75) is 27.3 Å². The first-order valence-corrected chi connectivity index (χ1v) is 8.86. The summed E-state index contributed by atoms with van der Waals surface area (Å²) in [6, 6.07) is 16.1. The van der Waals surface area contributed by atoms with Crippen LogP contribution in [0.2, 0.25) is 0 Å². The third kappa shape index (κ3) is 2.95. The van der Waals surface area contributed by atoms with Crippen molar-refractivity contribution >= 4 is 11.0 Å². The van der Waals surface area contributed by atoms with Gasteiger partial charge < -0.3 is 0 Å². The lowest BCUT2D eigenvalue weighted by Crippen LogP contribution is -2.23. The van der Waals surface area contributed by atoms with E-state index in [-0.39, 0.29) is 17.9 Å². The molecule has 0 aliphatic heterocycles. The summed E-state index contributed by atoms with van der Waals surface area (Å²) in [6.07, 6.45) is 0. The fourth-order valence-corrected chi connectivity index (χ4v) is 3.48. The molecule has 0 atom stereocenters. The van der Waals surface area contributed by atoms with Gasteiger partial charge in [-0.1, -0.05) is 35.9 Å². The Morgan fingerprint density at radius 3 is 2.41 bits per heavy atom. The standard InChI is InChI=1S/C22H20FN3O/c1-14-8-10-18(11-9-14)26-22-21(16(3)24-26)15(2)12-20(27)25(22)13-17-6-4-5-7-19(17)23/h4-12H,13H2,1-3H3. The van der Waals surface area contributed by atoms with Crippen LogP contribution in [0.4, 0.5) is 4.39 Å². The molecule has 0 aliphatic carbocycles. The molecule has 0 bridgehead atoms. The molecule has 0 radical (unpaired) electrons. The van der Waals surface area contributed by atoms with Gasteiger partial charge >= 0.3 is 0 Å². The first kappa shape index (κ1) is 17.2. The molecule has 0 amide bonds. The van der Waals surface area contributed by atoms with E-state index in [1.165, 1.54) is 6.07 Å². The highest BCUT2D eigenvalue weighted by Gasteiger charge is 2.18. The van der Waals surface area contributed by atoms with Gasteiger partial charge in [0.1, 0.15) is 11.5 Å². The summed E-state index contributed by atoms with van der Waals surface area (Å²) in [7, 11) is 0. The molecule has 2 heterocycles. The van der Waals surface area contributed by atoms with Crippen molar-refractivity contribution in [3.8, 4) is 5.69 Å². The van der Waals surface area contributed by atoms with E-state index >= 15 is 0 Å². The summed E-state index contributed by atoms with van der Waals surface area (Å²) in [6.45, 7) is 6.01. The van der Waals surface area contributed by atoms with Crippen LogP contribution in [0, 0.1) is 26.6 Å². The van der Waals surface area contributed by atoms with Crippen LogP contribution in [-0.4, -0.2) is 14.3 Å².